The quantitative estimate of drug-likeness (QED) is 0.906. The average Bonchev–Trinajstić information content (AvgIpc) is 2.45. The maximum Gasteiger partial charge on any atom is 0.253 e. The number of amides is 2. The van der Waals surface area contributed by atoms with Gasteiger partial charge in [-0.3, -0.25) is 9.59 Å². The van der Waals surface area contributed by atoms with Crippen LogP contribution in [-0.4, -0.2) is 11.8 Å². The van der Waals surface area contributed by atoms with Crippen molar-refractivity contribution < 1.29 is 9.59 Å². The minimum absolute atomic E-state index is 0.241. The van der Waals surface area contributed by atoms with Crippen LogP contribution < -0.4 is 11.1 Å². The van der Waals surface area contributed by atoms with E-state index in [2.05, 4.69) is 5.32 Å². The van der Waals surface area contributed by atoms with Crippen LogP contribution in [0.15, 0.2) is 48.5 Å². The Hall–Kier alpha value is -2.33. The van der Waals surface area contributed by atoms with Crippen molar-refractivity contribution in [3.63, 3.8) is 0 Å². The smallest absolute Gasteiger partial charge is 0.253 e. The van der Waals surface area contributed by atoms with Gasteiger partial charge in [0, 0.05) is 12.1 Å². The zero-order valence-electron chi connectivity index (χ0n) is 10.6. The van der Waals surface area contributed by atoms with Gasteiger partial charge in [-0.2, -0.15) is 0 Å². The summed E-state index contributed by atoms with van der Waals surface area (Å²) >= 11 is 5.94. The van der Waals surface area contributed by atoms with Gasteiger partial charge >= 0.3 is 0 Å². The summed E-state index contributed by atoms with van der Waals surface area (Å²) in [7, 11) is 0. The van der Waals surface area contributed by atoms with Crippen molar-refractivity contribution in [1.82, 2.24) is 5.32 Å². The van der Waals surface area contributed by atoms with Gasteiger partial charge < -0.3 is 11.1 Å². The van der Waals surface area contributed by atoms with Crippen molar-refractivity contribution >= 4 is 23.4 Å². The van der Waals surface area contributed by atoms with Crippen LogP contribution in [0.25, 0.3) is 0 Å². The van der Waals surface area contributed by atoms with Gasteiger partial charge in [0.15, 0.2) is 0 Å². The highest BCUT2D eigenvalue weighted by Gasteiger charge is 2.09. The predicted molar refractivity (Wildman–Crippen MR) is 77.6 cm³/mol. The number of carbonyl (C=O) groups is 2. The molecule has 2 rings (SSSR count). The van der Waals surface area contributed by atoms with E-state index in [0.29, 0.717) is 22.7 Å². The van der Waals surface area contributed by atoms with Crippen LogP contribution in [0.2, 0.25) is 5.02 Å². The van der Waals surface area contributed by atoms with E-state index in [0.717, 1.165) is 5.56 Å². The lowest BCUT2D eigenvalue weighted by Gasteiger charge is -2.07. The van der Waals surface area contributed by atoms with Crippen LogP contribution in [0.5, 0.6) is 0 Å². The molecule has 2 aromatic carbocycles. The summed E-state index contributed by atoms with van der Waals surface area (Å²) in [6, 6.07) is 13.6. The largest absolute Gasteiger partial charge is 0.366 e. The van der Waals surface area contributed by atoms with Gasteiger partial charge in [0.1, 0.15) is 0 Å². The van der Waals surface area contributed by atoms with Crippen molar-refractivity contribution in [3.05, 3.63) is 70.2 Å². The summed E-state index contributed by atoms with van der Waals surface area (Å²) in [6.07, 6.45) is 0. The highest BCUT2D eigenvalue weighted by Crippen LogP contribution is 2.14. The van der Waals surface area contributed by atoms with Crippen LogP contribution in [0, 0.1) is 0 Å². The SMILES string of the molecule is NC(=O)c1ccc(CNC(=O)c2ccccc2Cl)cc1. The number of hydrogen-bond acceptors (Lipinski definition) is 2. The molecule has 0 unspecified atom stereocenters. The number of benzene rings is 2. The topological polar surface area (TPSA) is 72.2 Å². The zero-order valence-corrected chi connectivity index (χ0v) is 11.4. The minimum Gasteiger partial charge on any atom is -0.366 e. The van der Waals surface area contributed by atoms with E-state index in [1.807, 2.05) is 0 Å². The fraction of sp³-hybridized carbons (Fsp3) is 0.0667. The second-order valence-electron chi connectivity index (χ2n) is 4.22. The molecule has 0 aliphatic heterocycles. The Kier molecular flexibility index (Phi) is 4.38. The van der Waals surface area contributed by atoms with Crippen LogP contribution >= 0.6 is 11.6 Å². The van der Waals surface area contributed by atoms with Gasteiger partial charge in [0.2, 0.25) is 5.91 Å². The molecule has 3 N–H and O–H groups in total. The van der Waals surface area contributed by atoms with E-state index in [4.69, 9.17) is 17.3 Å². The van der Waals surface area contributed by atoms with Crippen LogP contribution in [0.4, 0.5) is 0 Å². The highest BCUT2D eigenvalue weighted by atomic mass is 35.5. The van der Waals surface area contributed by atoms with Gasteiger partial charge in [-0.25, -0.2) is 0 Å². The third-order valence-corrected chi connectivity index (χ3v) is 3.14. The van der Waals surface area contributed by atoms with E-state index in [1.165, 1.54) is 0 Å². The number of carbonyl (C=O) groups excluding carboxylic acids is 2. The van der Waals surface area contributed by atoms with Crippen LogP contribution in [0.3, 0.4) is 0 Å². The Morgan fingerprint density at radius 1 is 1.05 bits per heavy atom. The van der Waals surface area contributed by atoms with Crippen LogP contribution in [-0.2, 0) is 6.54 Å². The lowest BCUT2D eigenvalue weighted by molar-refractivity contribution is 0.0949. The summed E-state index contributed by atoms with van der Waals surface area (Å²) in [6.45, 7) is 0.350. The normalized spacial score (nSPS) is 10.1. The molecule has 2 aromatic rings. The van der Waals surface area contributed by atoms with Crippen molar-refractivity contribution in [2.75, 3.05) is 0 Å². The summed E-state index contributed by atoms with van der Waals surface area (Å²) in [5.74, 6) is -0.716. The Labute approximate surface area is 121 Å². The second kappa shape index (κ2) is 6.21. The molecule has 0 radical (unpaired) electrons. The molecule has 0 heterocycles. The van der Waals surface area contributed by atoms with Gasteiger partial charge in [0.05, 0.1) is 10.6 Å². The highest BCUT2D eigenvalue weighted by molar-refractivity contribution is 6.33. The molecule has 4 nitrogen and oxygen atoms in total. The van der Waals surface area contributed by atoms with E-state index in [-0.39, 0.29) is 5.91 Å². The van der Waals surface area contributed by atoms with Gasteiger partial charge in [-0.15, -0.1) is 0 Å². The molecule has 0 bridgehead atoms. The number of nitrogens with one attached hydrogen (secondary N) is 1. The van der Waals surface area contributed by atoms with Gasteiger partial charge in [-0.05, 0) is 29.8 Å². The number of hydrogen-bond donors (Lipinski definition) is 2. The first-order valence-corrected chi connectivity index (χ1v) is 6.37. The molecule has 2 amide bonds. The van der Waals surface area contributed by atoms with Crippen molar-refractivity contribution in [2.45, 2.75) is 6.54 Å². The number of rotatable bonds is 4. The molecule has 0 atom stereocenters. The Bertz CT molecular complexity index is 639. The first-order chi connectivity index (χ1) is 9.58. The Balaban J connectivity index is 2.00. The van der Waals surface area contributed by atoms with E-state index >= 15 is 0 Å². The maximum absolute atomic E-state index is 11.9. The molecular weight excluding hydrogens is 276 g/mol. The van der Waals surface area contributed by atoms with Crippen molar-refractivity contribution in [1.29, 1.82) is 0 Å². The molecule has 0 aliphatic rings. The third-order valence-electron chi connectivity index (χ3n) is 2.81. The molecule has 102 valence electrons. The zero-order chi connectivity index (χ0) is 14.5. The molecule has 0 fully saturated rings. The Morgan fingerprint density at radius 3 is 2.30 bits per heavy atom. The lowest BCUT2D eigenvalue weighted by atomic mass is 10.1. The molecule has 0 spiro atoms. The average molecular weight is 289 g/mol. The fourth-order valence-electron chi connectivity index (χ4n) is 1.71. The molecule has 20 heavy (non-hydrogen) atoms. The predicted octanol–water partition coefficient (Wildman–Crippen LogP) is 2.37. The number of primary amides is 1. The monoisotopic (exact) mass is 288 g/mol. The third kappa shape index (κ3) is 3.36. The van der Waals surface area contributed by atoms with Gasteiger partial charge in [-0.1, -0.05) is 35.9 Å². The first kappa shape index (κ1) is 14.1. The summed E-state index contributed by atoms with van der Waals surface area (Å²) in [5.41, 5.74) is 6.90. The second-order valence-corrected chi connectivity index (χ2v) is 4.63. The summed E-state index contributed by atoms with van der Waals surface area (Å²) in [5, 5.41) is 3.18. The van der Waals surface area contributed by atoms with Crippen molar-refractivity contribution in [3.8, 4) is 0 Å². The molecule has 5 heteroatoms. The van der Waals surface area contributed by atoms with E-state index in [9.17, 15) is 9.59 Å². The molecule has 0 aliphatic carbocycles. The number of nitrogens with two attached hydrogens (primary N) is 1. The number of halogens is 1. The molecule has 0 aromatic heterocycles. The summed E-state index contributed by atoms with van der Waals surface area (Å²) in [4.78, 5) is 22.9. The van der Waals surface area contributed by atoms with Gasteiger partial charge in [0.25, 0.3) is 5.91 Å². The lowest BCUT2D eigenvalue weighted by Crippen LogP contribution is -2.23. The fourth-order valence-corrected chi connectivity index (χ4v) is 1.93. The first-order valence-electron chi connectivity index (χ1n) is 5.99. The van der Waals surface area contributed by atoms with Crippen molar-refractivity contribution in [2.24, 2.45) is 5.73 Å². The van der Waals surface area contributed by atoms with E-state index < -0.39 is 5.91 Å². The standard InChI is InChI=1S/C15H13ClN2O2/c16-13-4-2-1-3-12(13)15(20)18-9-10-5-7-11(8-6-10)14(17)19/h1-8H,9H2,(H2,17,19)(H,18,20). The van der Waals surface area contributed by atoms with E-state index in [1.54, 1.807) is 48.5 Å². The molecule has 0 saturated carbocycles. The molecule has 0 saturated heterocycles. The minimum atomic E-state index is -0.475. The molecular formula is C15H13ClN2O2. The maximum atomic E-state index is 11.9. The van der Waals surface area contributed by atoms with Crippen LogP contribution in [0.1, 0.15) is 26.3 Å². The Morgan fingerprint density at radius 2 is 1.70 bits per heavy atom. The summed E-state index contributed by atoms with van der Waals surface area (Å²) < 4.78 is 0.